The van der Waals surface area contributed by atoms with Crippen molar-refractivity contribution in [2.45, 2.75) is 39.3 Å². The number of benzene rings is 1. The Labute approximate surface area is 136 Å². The molecule has 0 aliphatic heterocycles. The van der Waals surface area contributed by atoms with Gasteiger partial charge in [0.05, 0.1) is 6.54 Å². The topological polar surface area (TPSA) is 74.5 Å². The van der Waals surface area contributed by atoms with Crippen LogP contribution in [0.5, 0.6) is 0 Å². The fourth-order valence-electron chi connectivity index (χ4n) is 2.38. The minimum Gasteiger partial charge on any atom is -0.463 e. The number of urea groups is 1. The van der Waals surface area contributed by atoms with E-state index in [4.69, 9.17) is 4.42 Å². The van der Waals surface area contributed by atoms with Crippen LogP contribution in [0.1, 0.15) is 36.5 Å². The number of carbonyl (C=O) groups is 1. The van der Waals surface area contributed by atoms with Crippen LogP contribution in [-0.2, 0) is 18.6 Å². The molecular weight excluding hydrogens is 292 g/mol. The molecule has 0 radical (unpaired) electrons. The van der Waals surface area contributed by atoms with Crippen molar-refractivity contribution in [1.82, 2.24) is 10.6 Å². The van der Waals surface area contributed by atoms with Gasteiger partial charge in [-0.2, -0.15) is 0 Å². The number of hydrogen-bond donors (Lipinski definition) is 3. The van der Waals surface area contributed by atoms with E-state index in [1.807, 2.05) is 25.1 Å². The minimum atomic E-state index is -1.24. The summed E-state index contributed by atoms with van der Waals surface area (Å²) >= 11 is 0. The third kappa shape index (κ3) is 4.60. The van der Waals surface area contributed by atoms with Crippen molar-refractivity contribution >= 4 is 6.03 Å². The third-order valence-electron chi connectivity index (χ3n) is 3.80. The van der Waals surface area contributed by atoms with E-state index in [9.17, 15) is 9.90 Å². The van der Waals surface area contributed by atoms with E-state index in [-0.39, 0.29) is 12.6 Å². The Balaban J connectivity index is 1.85. The van der Waals surface area contributed by atoms with E-state index >= 15 is 0 Å². The number of furan rings is 1. The number of carbonyl (C=O) groups excluding carboxylic acids is 1. The van der Waals surface area contributed by atoms with E-state index in [0.717, 1.165) is 17.7 Å². The number of aryl methyl sites for hydroxylation is 2. The number of rotatable bonds is 6. The van der Waals surface area contributed by atoms with Gasteiger partial charge in [0.15, 0.2) is 0 Å². The van der Waals surface area contributed by atoms with Crippen LogP contribution in [0, 0.1) is 6.92 Å². The average molecular weight is 316 g/mol. The highest BCUT2D eigenvalue weighted by Gasteiger charge is 2.27. The van der Waals surface area contributed by atoms with Crippen LogP contribution in [0.3, 0.4) is 0 Å². The molecule has 2 aromatic rings. The van der Waals surface area contributed by atoms with Crippen molar-refractivity contribution in [1.29, 1.82) is 0 Å². The Morgan fingerprint density at radius 1 is 1.17 bits per heavy atom. The summed E-state index contributed by atoms with van der Waals surface area (Å²) in [5.74, 6) is 1.16. The number of amides is 2. The van der Waals surface area contributed by atoms with Gasteiger partial charge >= 0.3 is 6.03 Å². The standard InChI is InChI=1S/C18H24N2O3/c1-4-14-7-5-6-8-15(14)11-19-17(21)20-12-18(3,22)16-10-9-13(2)23-16/h5-10,22H,4,11-12H2,1-3H3,(H2,19,20,21). The van der Waals surface area contributed by atoms with Crippen LogP contribution in [0.15, 0.2) is 40.8 Å². The van der Waals surface area contributed by atoms with Gasteiger partial charge in [0.2, 0.25) is 0 Å². The van der Waals surface area contributed by atoms with Crippen LogP contribution in [-0.4, -0.2) is 17.7 Å². The SMILES string of the molecule is CCc1ccccc1CNC(=O)NCC(C)(O)c1ccc(C)o1. The zero-order valence-electron chi connectivity index (χ0n) is 13.8. The summed E-state index contributed by atoms with van der Waals surface area (Å²) in [5, 5.41) is 15.9. The summed E-state index contributed by atoms with van der Waals surface area (Å²) < 4.78 is 5.42. The van der Waals surface area contributed by atoms with Gasteiger partial charge in [0.1, 0.15) is 17.1 Å². The Hall–Kier alpha value is -2.27. The summed E-state index contributed by atoms with van der Waals surface area (Å²) in [7, 11) is 0. The lowest BCUT2D eigenvalue weighted by molar-refractivity contribution is 0.0359. The van der Waals surface area contributed by atoms with E-state index in [1.165, 1.54) is 5.56 Å². The van der Waals surface area contributed by atoms with Crippen molar-refractivity contribution < 1.29 is 14.3 Å². The molecule has 0 aliphatic carbocycles. The first-order chi connectivity index (χ1) is 10.9. The quantitative estimate of drug-likeness (QED) is 0.767. The second-order valence-electron chi connectivity index (χ2n) is 5.84. The highest BCUT2D eigenvalue weighted by Crippen LogP contribution is 2.21. The number of aliphatic hydroxyl groups is 1. The van der Waals surface area contributed by atoms with Crippen LogP contribution in [0.2, 0.25) is 0 Å². The molecule has 23 heavy (non-hydrogen) atoms. The van der Waals surface area contributed by atoms with Crippen molar-refractivity contribution in [3.63, 3.8) is 0 Å². The highest BCUT2D eigenvalue weighted by atomic mass is 16.4. The Bertz CT molecular complexity index is 662. The van der Waals surface area contributed by atoms with Crippen molar-refractivity contribution in [2.75, 3.05) is 6.54 Å². The molecule has 2 amide bonds. The predicted molar refractivity (Wildman–Crippen MR) is 89.1 cm³/mol. The highest BCUT2D eigenvalue weighted by molar-refractivity contribution is 5.74. The van der Waals surface area contributed by atoms with Crippen molar-refractivity contribution in [2.24, 2.45) is 0 Å². The molecule has 124 valence electrons. The summed E-state index contributed by atoms with van der Waals surface area (Å²) in [6, 6.07) is 11.2. The molecular formula is C18H24N2O3. The second-order valence-corrected chi connectivity index (χ2v) is 5.84. The normalized spacial score (nSPS) is 13.4. The maximum absolute atomic E-state index is 11.9. The molecule has 1 aromatic heterocycles. The largest absolute Gasteiger partial charge is 0.463 e. The van der Waals surface area contributed by atoms with Gasteiger partial charge in [-0.05, 0) is 43.5 Å². The molecule has 1 unspecified atom stereocenters. The molecule has 0 saturated carbocycles. The smallest absolute Gasteiger partial charge is 0.315 e. The first kappa shape index (κ1) is 17.1. The fraction of sp³-hybridized carbons (Fsp3) is 0.389. The van der Waals surface area contributed by atoms with Gasteiger partial charge in [-0.3, -0.25) is 0 Å². The van der Waals surface area contributed by atoms with E-state index in [2.05, 4.69) is 23.6 Å². The summed E-state index contributed by atoms with van der Waals surface area (Å²) in [4.78, 5) is 11.9. The summed E-state index contributed by atoms with van der Waals surface area (Å²) in [5.41, 5.74) is 1.07. The average Bonchev–Trinajstić information content (AvgIpc) is 2.98. The zero-order valence-corrected chi connectivity index (χ0v) is 13.8. The third-order valence-corrected chi connectivity index (χ3v) is 3.80. The van der Waals surface area contributed by atoms with E-state index in [1.54, 1.807) is 19.1 Å². The molecule has 5 heteroatoms. The van der Waals surface area contributed by atoms with Gasteiger partial charge in [0.25, 0.3) is 0 Å². The molecule has 1 heterocycles. The first-order valence-corrected chi connectivity index (χ1v) is 7.80. The first-order valence-electron chi connectivity index (χ1n) is 7.80. The van der Waals surface area contributed by atoms with Crippen LogP contribution >= 0.6 is 0 Å². The predicted octanol–water partition coefficient (Wildman–Crippen LogP) is 2.86. The van der Waals surface area contributed by atoms with Crippen LogP contribution in [0.4, 0.5) is 4.79 Å². The minimum absolute atomic E-state index is 0.0706. The molecule has 3 N–H and O–H groups in total. The Kier molecular flexibility index (Phi) is 5.45. The van der Waals surface area contributed by atoms with Gasteiger partial charge < -0.3 is 20.2 Å². The molecule has 0 spiro atoms. The molecule has 1 aromatic carbocycles. The van der Waals surface area contributed by atoms with Crippen molar-refractivity contribution in [3.8, 4) is 0 Å². The second kappa shape index (κ2) is 7.33. The number of nitrogens with one attached hydrogen (secondary N) is 2. The molecule has 0 saturated heterocycles. The van der Waals surface area contributed by atoms with Crippen molar-refractivity contribution in [3.05, 3.63) is 59.0 Å². The molecule has 2 rings (SSSR count). The molecule has 1 atom stereocenters. The van der Waals surface area contributed by atoms with Crippen LogP contribution in [0.25, 0.3) is 0 Å². The van der Waals surface area contributed by atoms with Gasteiger partial charge in [-0.1, -0.05) is 31.2 Å². The lowest BCUT2D eigenvalue weighted by Gasteiger charge is -2.21. The fourth-order valence-corrected chi connectivity index (χ4v) is 2.38. The van der Waals surface area contributed by atoms with Gasteiger partial charge in [-0.15, -0.1) is 0 Å². The molecule has 5 nitrogen and oxygen atoms in total. The molecule has 0 bridgehead atoms. The van der Waals surface area contributed by atoms with E-state index < -0.39 is 5.60 Å². The van der Waals surface area contributed by atoms with E-state index in [0.29, 0.717) is 12.3 Å². The van der Waals surface area contributed by atoms with Gasteiger partial charge in [-0.25, -0.2) is 4.79 Å². The molecule has 0 fully saturated rings. The summed E-state index contributed by atoms with van der Waals surface area (Å²) in [6.07, 6.45) is 0.923. The lowest BCUT2D eigenvalue weighted by Crippen LogP contribution is -2.43. The monoisotopic (exact) mass is 316 g/mol. The van der Waals surface area contributed by atoms with Crippen LogP contribution < -0.4 is 10.6 Å². The maximum Gasteiger partial charge on any atom is 0.315 e. The maximum atomic E-state index is 11.9. The Morgan fingerprint density at radius 2 is 1.87 bits per heavy atom. The number of hydrogen-bond acceptors (Lipinski definition) is 3. The van der Waals surface area contributed by atoms with Gasteiger partial charge in [0, 0.05) is 6.54 Å². The lowest BCUT2D eigenvalue weighted by atomic mass is 10.0. The molecule has 0 aliphatic rings. The Morgan fingerprint density at radius 3 is 2.48 bits per heavy atom. The summed E-state index contributed by atoms with van der Waals surface area (Å²) in [6.45, 7) is 6.03. The zero-order chi connectivity index (χ0) is 16.9.